The summed E-state index contributed by atoms with van der Waals surface area (Å²) in [5.41, 5.74) is 2.03. The fourth-order valence-corrected chi connectivity index (χ4v) is 2.27. The van der Waals surface area contributed by atoms with Crippen LogP contribution in [0.4, 0.5) is 10.1 Å². The van der Waals surface area contributed by atoms with Crippen molar-refractivity contribution in [3.63, 3.8) is 0 Å². The average Bonchev–Trinajstić information content (AvgIpc) is 2.52. The molecule has 0 spiro atoms. The van der Waals surface area contributed by atoms with Crippen molar-refractivity contribution in [2.75, 3.05) is 25.0 Å². The lowest BCUT2D eigenvalue weighted by Gasteiger charge is -2.21. The smallest absolute Gasteiger partial charge is 0.238 e. The van der Waals surface area contributed by atoms with E-state index >= 15 is 0 Å². The van der Waals surface area contributed by atoms with E-state index < -0.39 is 0 Å². The van der Waals surface area contributed by atoms with Gasteiger partial charge in [-0.2, -0.15) is 0 Å². The molecular formula is C18H21FN2O2. The number of aryl methyl sites for hydroxylation is 1. The third kappa shape index (κ3) is 5.47. The highest BCUT2D eigenvalue weighted by atomic mass is 19.1. The highest BCUT2D eigenvalue weighted by Crippen LogP contribution is 2.13. The average molecular weight is 316 g/mol. The van der Waals surface area contributed by atoms with Crippen LogP contribution in [0, 0.1) is 12.7 Å². The first kappa shape index (κ1) is 17.1. The Labute approximate surface area is 135 Å². The number of hydrogen-bond donors (Lipinski definition) is 2. The minimum Gasteiger partial charge on any atom is -0.395 e. The second kappa shape index (κ2) is 8.41. The summed E-state index contributed by atoms with van der Waals surface area (Å²) in [7, 11) is 0. The molecule has 0 atom stereocenters. The van der Waals surface area contributed by atoms with E-state index in [4.69, 9.17) is 5.11 Å². The van der Waals surface area contributed by atoms with E-state index in [0.717, 1.165) is 5.56 Å². The summed E-state index contributed by atoms with van der Waals surface area (Å²) in [5, 5.41) is 11.8. The summed E-state index contributed by atoms with van der Waals surface area (Å²) >= 11 is 0. The van der Waals surface area contributed by atoms with Crippen molar-refractivity contribution in [1.82, 2.24) is 4.90 Å². The Hall–Kier alpha value is -2.24. The molecule has 0 aromatic heterocycles. The zero-order chi connectivity index (χ0) is 16.7. The predicted octanol–water partition coefficient (Wildman–Crippen LogP) is 2.57. The lowest BCUT2D eigenvalue weighted by atomic mass is 10.2. The van der Waals surface area contributed by atoms with Crippen LogP contribution in [0.5, 0.6) is 0 Å². The van der Waals surface area contributed by atoms with Crippen molar-refractivity contribution >= 4 is 11.6 Å². The second-order valence-electron chi connectivity index (χ2n) is 5.43. The number of carbonyl (C=O) groups is 1. The summed E-state index contributed by atoms with van der Waals surface area (Å²) in [5.74, 6) is -0.586. The van der Waals surface area contributed by atoms with Gasteiger partial charge < -0.3 is 10.4 Å². The number of nitrogens with one attached hydrogen (secondary N) is 1. The number of amides is 1. The van der Waals surface area contributed by atoms with Crippen molar-refractivity contribution in [2.24, 2.45) is 0 Å². The molecule has 5 heteroatoms. The van der Waals surface area contributed by atoms with E-state index in [1.807, 2.05) is 35.2 Å². The lowest BCUT2D eigenvalue weighted by molar-refractivity contribution is -0.117. The molecule has 0 aliphatic heterocycles. The molecule has 0 saturated heterocycles. The van der Waals surface area contributed by atoms with E-state index in [2.05, 4.69) is 5.32 Å². The van der Waals surface area contributed by atoms with Crippen LogP contribution in [0.1, 0.15) is 11.1 Å². The van der Waals surface area contributed by atoms with Crippen LogP contribution in [0.2, 0.25) is 0 Å². The minimum absolute atomic E-state index is 0.0285. The number of carbonyl (C=O) groups excluding carboxylic acids is 1. The Morgan fingerprint density at radius 1 is 1.22 bits per heavy atom. The minimum atomic E-state index is -0.348. The molecule has 0 saturated carbocycles. The highest BCUT2D eigenvalue weighted by Gasteiger charge is 2.12. The van der Waals surface area contributed by atoms with E-state index in [9.17, 15) is 9.18 Å². The van der Waals surface area contributed by atoms with Crippen molar-refractivity contribution in [3.8, 4) is 0 Å². The lowest BCUT2D eigenvalue weighted by Crippen LogP contribution is -2.34. The van der Waals surface area contributed by atoms with E-state index in [-0.39, 0.29) is 24.9 Å². The molecule has 0 radical (unpaired) electrons. The van der Waals surface area contributed by atoms with E-state index in [1.54, 1.807) is 19.1 Å². The van der Waals surface area contributed by atoms with Gasteiger partial charge in [0.1, 0.15) is 5.82 Å². The SMILES string of the molecule is Cc1ccc(NC(=O)CN(CCO)Cc2ccccc2)cc1F. The summed E-state index contributed by atoms with van der Waals surface area (Å²) in [6.07, 6.45) is 0. The van der Waals surface area contributed by atoms with E-state index in [1.165, 1.54) is 6.07 Å². The van der Waals surface area contributed by atoms with Gasteiger partial charge in [0.25, 0.3) is 0 Å². The van der Waals surface area contributed by atoms with Crippen molar-refractivity contribution in [2.45, 2.75) is 13.5 Å². The van der Waals surface area contributed by atoms with Crippen molar-refractivity contribution in [1.29, 1.82) is 0 Å². The number of aliphatic hydroxyl groups excluding tert-OH is 1. The number of hydrogen-bond acceptors (Lipinski definition) is 3. The maximum atomic E-state index is 13.5. The first-order chi connectivity index (χ1) is 11.1. The largest absolute Gasteiger partial charge is 0.395 e. The maximum Gasteiger partial charge on any atom is 0.238 e. The predicted molar refractivity (Wildman–Crippen MR) is 88.6 cm³/mol. The Morgan fingerprint density at radius 3 is 2.61 bits per heavy atom. The molecule has 0 aliphatic rings. The van der Waals surface area contributed by atoms with Gasteiger partial charge in [0.15, 0.2) is 0 Å². The number of benzene rings is 2. The summed E-state index contributed by atoms with van der Waals surface area (Å²) < 4.78 is 13.5. The van der Waals surface area contributed by atoms with Crippen LogP contribution in [0.25, 0.3) is 0 Å². The van der Waals surface area contributed by atoms with Gasteiger partial charge in [-0.1, -0.05) is 36.4 Å². The molecule has 0 heterocycles. The first-order valence-corrected chi connectivity index (χ1v) is 7.51. The van der Waals surface area contributed by atoms with Gasteiger partial charge in [0.05, 0.1) is 13.2 Å². The van der Waals surface area contributed by atoms with Crippen LogP contribution in [0.15, 0.2) is 48.5 Å². The van der Waals surface area contributed by atoms with Gasteiger partial charge in [0, 0.05) is 18.8 Å². The number of aliphatic hydroxyl groups is 1. The van der Waals surface area contributed by atoms with Gasteiger partial charge in [-0.05, 0) is 30.2 Å². The van der Waals surface area contributed by atoms with Gasteiger partial charge in [-0.15, -0.1) is 0 Å². The van der Waals surface area contributed by atoms with E-state index in [0.29, 0.717) is 24.3 Å². The van der Waals surface area contributed by atoms with Gasteiger partial charge in [-0.3, -0.25) is 9.69 Å². The Balaban J connectivity index is 1.95. The maximum absolute atomic E-state index is 13.5. The van der Waals surface area contributed by atoms with Gasteiger partial charge in [-0.25, -0.2) is 4.39 Å². The molecule has 2 aromatic rings. The molecule has 0 unspecified atom stereocenters. The fraction of sp³-hybridized carbons (Fsp3) is 0.278. The normalized spacial score (nSPS) is 10.8. The van der Waals surface area contributed by atoms with Crippen molar-refractivity contribution in [3.05, 3.63) is 65.5 Å². The standard InChI is InChI=1S/C18H21FN2O2/c1-14-7-8-16(11-17(14)19)20-18(23)13-21(9-10-22)12-15-5-3-2-4-6-15/h2-8,11,22H,9-10,12-13H2,1H3,(H,20,23). The molecule has 2 rings (SSSR count). The van der Waals surface area contributed by atoms with Crippen LogP contribution >= 0.6 is 0 Å². The van der Waals surface area contributed by atoms with Crippen LogP contribution in [0.3, 0.4) is 0 Å². The molecule has 1 amide bonds. The first-order valence-electron chi connectivity index (χ1n) is 7.51. The highest BCUT2D eigenvalue weighted by molar-refractivity contribution is 5.92. The van der Waals surface area contributed by atoms with Gasteiger partial charge >= 0.3 is 0 Å². The molecule has 122 valence electrons. The number of nitrogens with zero attached hydrogens (tertiary/aromatic N) is 1. The Morgan fingerprint density at radius 2 is 1.96 bits per heavy atom. The number of halogens is 1. The zero-order valence-corrected chi connectivity index (χ0v) is 13.1. The van der Waals surface area contributed by atoms with Crippen LogP contribution in [-0.4, -0.2) is 35.6 Å². The van der Waals surface area contributed by atoms with Gasteiger partial charge in [0.2, 0.25) is 5.91 Å². The molecule has 0 bridgehead atoms. The molecular weight excluding hydrogens is 295 g/mol. The molecule has 2 aromatic carbocycles. The molecule has 0 aliphatic carbocycles. The number of anilines is 1. The third-order valence-corrected chi connectivity index (χ3v) is 3.49. The van der Waals surface area contributed by atoms with Crippen LogP contribution in [-0.2, 0) is 11.3 Å². The second-order valence-corrected chi connectivity index (χ2v) is 5.43. The summed E-state index contributed by atoms with van der Waals surface area (Å²) in [4.78, 5) is 14.0. The molecule has 2 N–H and O–H groups in total. The summed E-state index contributed by atoms with van der Waals surface area (Å²) in [6.45, 7) is 2.73. The summed E-state index contributed by atoms with van der Waals surface area (Å²) in [6, 6.07) is 14.3. The third-order valence-electron chi connectivity index (χ3n) is 3.49. The molecule has 23 heavy (non-hydrogen) atoms. The quantitative estimate of drug-likeness (QED) is 0.825. The van der Waals surface area contributed by atoms with Crippen molar-refractivity contribution < 1.29 is 14.3 Å². The zero-order valence-electron chi connectivity index (χ0n) is 13.1. The fourth-order valence-electron chi connectivity index (χ4n) is 2.27. The van der Waals surface area contributed by atoms with Crippen LogP contribution < -0.4 is 5.32 Å². The number of rotatable bonds is 7. The molecule has 0 fully saturated rings. The topological polar surface area (TPSA) is 52.6 Å². The molecule has 4 nitrogen and oxygen atoms in total. The Kier molecular flexibility index (Phi) is 6.26. The Bertz CT molecular complexity index is 647. The monoisotopic (exact) mass is 316 g/mol.